The Morgan fingerprint density at radius 2 is 2.06 bits per heavy atom. The number of hydrogen-bond acceptors (Lipinski definition) is 6. The van der Waals surface area contributed by atoms with Crippen molar-refractivity contribution in [3.05, 3.63) is 0 Å². The quantitative estimate of drug-likeness (QED) is 0.682. The van der Waals surface area contributed by atoms with Gasteiger partial charge in [-0.25, -0.2) is 0 Å². The minimum Gasteiger partial charge on any atom is -0.457 e. The highest BCUT2D eigenvalue weighted by Crippen LogP contribution is 2.36. The molecule has 0 saturated carbocycles. The zero-order valence-electron chi connectivity index (χ0n) is 10.2. The van der Waals surface area contributed by atoms with Gasteiger partial charge in [-0.05, 0) is 13.8 Å². The molecular formula is C11H18O6. The molecule has 2 saturated heterocycles. The van der Waals surface area contributed by atoms with Crippen LogP contribution in [0, 0.1) is 0 Å². The minimum absolute atomic E-state index is 0.145. The van der Waals surface area contributed by atoms with Crippen LogP contribution in [0.2, 0.25) is 0 Å². The third-order valence-corrected chi connectivity index (χ3v) is 2.87. The number of aliphatic hydroxyl groups is 1. The van der Waals surface area contributed by atoms with E-state index in [-0.39, 0.29) is 25.3 Å². The molecule has 0 amide bonds. The monoisotopic (exact) mass is 246 g/mol. The number of hydrogen-bond donors (Lipinski definition) is 1. The maximum absolute atomic E-state index is 11.0. The molecule has 0 unspecified atom stereocenters. The van der Waals surface area contributed by atoms with Gasteiger partial charge in [-0.3, -0.25) is 4.79 Å². The third kappa shape index (κ3) is 2.60. The lowest BCUT2D eigenvalue weighted by Gasteiger charge is -2.35. The minimum atomic E-state index is -0.755. The van der Waals surface area contributed by atoms with Crippen LogP contribution in [0.15, 0.2) is 0 Å². The van der Waals surface area contributed by atoms with E-state index in [9.17, 15) is 9.90 Å². The zero-order valence-corrected chi connectivity index (χ0v) is 10.2. The summed E-state index contributed by atoms with van der Waals surface area (Å²) in [5.74, 6) is -1.14. The van der Waals surface area contributed by atoms with Crippen molar-refractivity contribution in [3.63, 3.8) is 0 Å². The molecule has 0 aromatic heterocycles. The predicted molar refractivity (Wildman–Crippen MR) is 56.2 cm³/mol. The first-order valence-electron chi connectivity index (χ1n) is 5.68. The molecule has 1 N–H and O–H groups in total. The lowest BCUT2D eigenvalue weighted by molar-refractivity contribution is -0.184. The molecule has 4 atom stereocenters. The van der Waals surface area contributed by atoms with Crippen LogP contribution in [0.1, 0.15) is 20.8 Å². The number of ether oxygens (including phenoxy) is 4. The van der Waals surface area contributed by atoms with E-state index in [1.54, 1.807) is 13.8 Å². The average molecular weight is 246 g/mol. The second kappa shape index (κ2) is 4.53. The van der Waals surface area contributed by atoms with Crippen molar-refractivity contribution >= 4 is 5.97 Å². The molecule has 2 aliphatic rings. The maximum atomic E-state index is 11.0. The molecule has 0 aromatic carbocycles. The molecule has 2 rings (SSSR count). The number of esters is 1. The summed E-state index contributed by atoms with van der Waals surface area (Å²) in [5, 5.41) is 9.21. The standard InChI is InChI=1S/C11H18O6/c1-6(13)15-8-5-14-7(4-12)9-10(8)17-11(2,3)16-9/h7-10,12H,4-5H2,1-3H3/t7-,8+,9+,10-/m1/s1. The summed E-state index contributed by atoms with van der Waals surface area (Å²) in [4.78, 5) is 11.0. The van der Waals surface area contributed by atoms with Crippen LogP contribution >= 0.6 is 0 Å². The summed E-state index contributed by atoms with van der Waals surface area (Å²) in [6, 6.07) is 0. The van der Waals surface area contributed by atoms with Crippen LogP contribution in [-0.4, -0.2) is 54.5 Å². The number of aliphatic hydroxyl groups excluding tert-OH is 1. The van der Waals surface area contributed by atoms with Crippen molar-refractivity contribution in [2.45, 2.75) is 51.0 Å². The van der Waals surface area contributed by atoms with Crippen LogP contribution in [0.25, 0.3) is 0 Å². The molecule has 2 heterocycles. The molecule has 0 spiro atoms. The Kier molecular flexibility index (Phi) is 3.40. The van der Waals surface area contributed by atoms with Gasteiger partial charge in [0.1, 0.15) is 18.3 Å². The van der Waals surface area contributed by atoms with Gasteiger partial charge in [0.05, 0.1) is 13.2 Å². The largest absolute Gasteiger partial charge is 0.457 e. The second-order valence-electron chi connectivity index (χ2n) is 4.77. The fourth-order valence-corrected chi connectivity index (χ4v) is 2.27. The number of fused-ring (bicyclic) bond motifs is 1. The van der Waals surface area contributed by atoms with Gasteiger partial charge < -0.3 is 24.1 Å². The lowest BCUT2D eigenvalue weighted by atomic mass is 10.0. The first kappa shape index (κ1) is 12.8. The molecular weight excluding hydrogens is 228 g/mol. The summed E-state index contributed by atoms with van der Waals surface area (Å²) in [6.07, 6.45) is -1.72. The third-order valence-electron chi connectivity index (χ3n) is 2.87. The van der Waals surface area contributed by atoms with E-state index in [0.29, 0.717) is 0 Å². The molecule has 0 bridgehead atoms. The Morgan fingerprint density at radius 3 is 2.65 bits per heavy atom. The van der Waals surface area contributed by atoms with E-state index in [2.05, 4.69) is 0 Å². The van der Waals surface area contributed by atoms with Gasteiger partial charge in [-0.1, -0.05) is 0 Å². The highest BCUT2D eigenvalue weighted by atomic mass is 16.8. The van der Waals surface area contributed by atoms with Crippen LogP contribution < -0.4 is 0 Å². The predicted octanol–water partition coefficient (Wildman–Crippen LogP) is -0.171. The molecule has 98 valence electrons. The van der Waals surface area contributed by atoms with Crippen molar-refractivity contribution in [2.24, 2.45) is 0 Å². The van der Waals surface area contributed by atoms with E-state index in [1.807, 2.05) is 0 Å². The lowest BCUT2D eigenvalue weighted by Crippen LogP contribution is -2.53. The van der Waals surface area contributed by atoms with E-state index < -0.39 is 24.1 Å². The van der Waals surface area contributed by atoms with Gasteiger partial charge in [0.25, 0.3) is 0 Å². The van der Waals surface area contributed by atoms with Crippen LogP contribution in [0.4, 0.5) is 0 Å². The van der Waals surface area contributed by atoms with Crippen molar-refractivity contribution in [3.8, 4) is 0 Å². The highest BCUT2D eigenvalue weighted by molar-refractivity contribution is 5.66. The smallest absolute Gasteiger partial charge is 0.303 e. The summed E-state index contributed by atoms with van der Waals surface area (Å²) >= 11 is 0. The summed E-state index contributed by atoms with van der Waals surface area (Å²) < 4.78 is 21.9. The molecule has 2 fully saturated rings. The number of carbonyl (C=O) groups excluding carboxylic acids is 1. The average Bonchev–Trinajstić information content (AvgIpc) is 2.53. The normalized spacial score (nSPS) is 39.8. The Bertz CT molecular complexity index is 302. The van der Waals surface area contributed by atoms with Gasteiger partial charge in [0.2, 0.25) is 0 Å². The van der Waals surface area contributed by atoms with Gasteiger partial charge in [0, 0.05) is 6.92 Å². The first-order chi connectivity index (χ1) is 7.93. The second-order valence-corrected chi connectivity index (χ2v) is 4.77. The van der Waals surface area contributed by atoms with E-state index in [4.69, 9.17) is 18.9 Å². The van der Waals surface area contributed by atoms with Crippen LogP contribution in [0.5, 0.6) is 0 Å². The van der Waals surface area contributed by atoms with Crippen LogP contribution in [-0.2, 0) is 23.7 Å². The summed E-state index contributed by atoms with van der Waals surface area (Å²) in [6.45, 7) is 4.97. The first-order valence-corrected chi connectivity index (χ1v) is 5.68. The Morgan fingerprint density at radius 1 is 1.41 bits per heavy atom. The molecule has 0 radical (unpaired) electrons. The fraction of sp³-hybridized carbons (Fsp3) is 0.909. The highest BCUT2D eigenvalue weighted by Gasteiger charge is 2.52. The SMILES string of the molecule is CC(=O)O[C@H]1CO[C@H](CO)[C@@H]2OC(C)(C)O[C@@H]21. The topological polar surface area (TPSA) is 74.2 Å². The number of carbonyl (C=O) groups is 1. The van der Waals surface area contributed by atoms with Gasteiger partial charge in [-0.15, -0.1) is 0 Å². The van der Waals surface area contributed by atoms with Gasteiger partial charge in [0.15, 0.2) is 11.9 Å². The summed E-state index contributed by atoms with van der Waals surface area (Å²) in [7, 11) is 0. The fourth-order valence-electron chi connectivity index (χ4n) is 2.27. The molecule has 2 aliphatic heterocycles. The van der Waals surface area contributed by atoms with E-state index in [1.165, 1.54) is 6.92 Å². The Balaban J connectivity index is 2.12. The van der Waals surface area contributed by atoms with E-state index in [0.717, 1.165) is 0 Å². The van der Waals surface area contributed by atoms with Gasteiger partial charge >= 0.3 is 5.97 Å². The van der Waals surface area contributed by atoms with Crippen molar-refractivity contribution in [1.82, 2.24) is 0 Å². The van der Waals surface area contributed by atoms with Crippen LogP contribution in [0.3, 0.4) is 0 Å². The maximum Gasteiger partial charge on any atom is 0.303 e. The summed E-state index contributed by atoms with van der Waals surface area (Å²) in [5.41, 5.74) is 0. The molecule has 0 aliphatic carbocycles. The van der Waals surface area contributed by atoms with E-state index >= 15 is 0 Å². The molecule has 0 aromatic rings. The van der Waals surface area contributed by atoms with Crippen molar-refractivity contribution in [2.75, 3.05) is 13.2 Å². The Hall–Kier alpha value is -0.690. The Labute approximate surface area is 99.8 Å². The molecule has 6 heteroatoms. The zero-order chi connectivity index (χ0) is 12.6. The molecule has 17 heavy (non-hydrogen) atoms. The molecule has 6 nitrogen and oxygen atoms in total. The van der Waals surface area contributed by atoms with Crippen molar-refractivity contribution < 1.29 is 28.8 Å². The number of rotatable bonds is 2. The van der Waals surface area contributed by atoms with Gasteiger partial charge in [-0.2, -0.15) is 0 Å². The van der Waals surface area contributed by atoms with Crippen molar-refractivity contribution in [1.29, 1.82) is 0 Å².